The summed E-state index contributed by atoms with van der Waals surface area (Å²) in [4.78, 5) is 41.3. The minimum Gasteiger partial charge on any atom is -0.454 e. The first-order valence-corrected chi connectivity index (χ1v) is 8.23. The number of carbonyl (C=O) groups is 1. The first kappa shape index (κ1) is 17.7. The fourth-order valence-corrected chi connectivity index (χ4v) is 2.72. The smallest absolute Gasteiger partial charge is 0.332 e. The van der Waals surface area contributed by atoms with E-state index >= 15 is 0 Å². The normalized spacial score (nSPS) is 11.0. The molecule has 0 aliphatic rings. The van der Waals surface area contributed by atoms with E-state index in [2.05, 4.69) is 4.98 Å². The Bertz CT molecular complexity index is 1070. The quantitative estimate of drug-likeness (QED) is 0.643. The summed E-state index contributed by atoms with van der Waals surface area (Å²) in [6.07, 6.45) is 0. The summed E-state index contributed by atoms with van der Waals surface area (Å²) in [5, 5.41) is 0.376. The summed E-state index contributed by atoms with van der Waals surface area (Å²) >= 11 is 0. The fraction of sp³-hybridized carbons (Fsp3) is 0.333. The molecule has 0 atom stereocenters. The molecule has 2 heterocycles. The molecule has 0 aliphatic heterocycles. The topological polar surface area (TPSA) is 96.3 Å². The Morgan fingerprint density at radius 1 is 1.19 bits per heavy atom. The van der Waals surface area contributed by atoms with Crippen LogP contribution in [0.3, 0.4) is 0 Å². The Hall–Kier alpha value is -3.16. The van der Waals surface area contributed by atoms with Gasteiger partial charge in [-0.15, -0.1) is 0 Å². The number of aryl methyl sites for hydroxylation is 2. The first-order chi connectivity index (χ1) is 12.4. The number of nitrogens with zero attached hydrogens (tertiary/aromatic N) is 3. The molecule has 0 saturated heterocycles. The molecule has 1 aromatic carbocycles. The van der Waals surface area contributed by atoms with E-state index in [1.165, 1.54) is 4.57 Å². The Morgan fingerprint density at radius 3 is 2.58 bits per heavy atom. The lowest BCUT2D eigenvalue weighted by Gasteiger charge is -2.12. The van der Waals surface area contributed by atoms with Crippen molar-refractivity contribution in [2.24, 2.45) is 0 Å². The van der Waals surface area contributed by atoms with Crippen molar-refractivity contribution in [3.05, 3.63) is 62.4 Å². The van der Waals surface area contributed by atoms with Crippen LogP contribution in [0.15, 0.2) is 38.3 Å². The maximum absolute atomic E-state index is 12.6. The molecular weight excluding hydrogens is 338 g/mol. The van der Waals surface area contributed by atoms with E-state index < -0.39 is 11.7 Å². The van der Waals surface area contributed by atoms with Crippen LogP contribution in [0.5, 0.6) is 0 Å². The van der Waals surface area contributed by atoms with E-state index in [1.807, 2.05) is 0 Å². The monoisotopic (exact) mass is 357 g/mol. The summed E-state index contributed by atoms with van der Waals surface area (Å²) in [6.45, 7) is 5.06. The molecule has 0 unspecified atom stereocenters. The van der Waals surface area contributed by atoms with Crippen molar-refractivity contribution in [3.63, 3.8) is 0 Å². The summed E-state index contributed by atoms with van der Waals surface area (Å²) in [6, 6.07) is 6.68. The maximum Gasteiger partial charge on any atom is 0.332 e. The number of carbonyl (C=O) groups excluding carboxylic acids is 1. The van der Waals surface area contributed by atoms with Crippen molar-refractivity contribution in [3.8, 4) is 0 Å². The van der Waals surface area contributed by atoms with E-state index in [9.17, 15) is 14.4 Å². The third-order valence-corrected chi connectivity index (χ3v) is 4.17. The number of oxazole rings is 1. The number of ether oxygens (including phenoxy) is 1. The van der Waals surface area contributed by atoms with Gasteiger partial charge >= 0.3 is 11.7 Å². The largest absolute Gasteiger partial charge is 0.454 e. The Labute approximate surface area is 148 Å². The van der Waals surface area contributed by atoms with Gasteiger partial charge in [-0.3, -0.25) is 18.7 Å². The summed E-state index contributed by atoms with van der Waals surface area (Å²) in [5.74, 6) is 0.337. The molecule has 0 amide bonds. The van der Waals surface area contributed by atoms with Gasteiger partial charge in [0.15, 0.2) is 6.61 Å². The Kier molecular flexibility index (Phi) is 4.75. The molecule has 0 saturated carbocycles. The van der Waals surface area contributed by atoms with Crippen LogP contribution >= 0.6 is 0 Å². The molecule has 8 nitrogen and oxygen atoms in total. The van der Waals surface area contributed by atoms with Crippen LogP contribution in [0.2, 0.25) is 0 Å². The van der Waals surface area contributed by atoms with Crippen molar-refractivity contribution in [1.82, 2.24) is 14.1 Å². The number of aromatic nitrogens is 3. The van der Waals surface area contributed by atoms with Crippen molar-refractivity contribution in [2.45, 2.75) is 40.5 Å². The molecule has 0 bridgehead atoms. The number of fused-ring (bicyclic) bond motifs is 1. The Balaban J connectivity index is 1.89. The van der Waals surface area contributed by atoms with Crippen molar-refractivity contribution < 1.29 is 13.9 Å². The van der Waals surface area contributed by atoms with Crippen LogP contribution in [0.4, 0.5) is 0 Å². The Morgan fingerprint density at radius 2 is 1.92 bits per heavy atom. The SMILES string of the molecule is CCn1c(=O)c2ccccc2n(CC(=O)OCc2nc(C)c(C)o2)c1=O. The molecule has 0 radical (unpaired) electrons. The van der Waals surface area contributed by atoms with E-state index in [-0.39, 0.29) is 25.3 Å². The average Bonchev–Trinajstić information content (AvgIpc) is 2.95. The van der Waals surface area contributed by atoms with Gasteiger partial charge in [0.2, 0.25) is 5.89 Å². The molecule has 8 heteroatoms. The zero-order chi connectivity index (χ0) is 18.8. The van der Waals surface area contributed by atoms with E-state index in [1.54, 1.807) is 45.0 Å². The fourth-order valence-electron chi connectivity index (χ4n) is 2.72. The second kappa shape index (κ2) is 6.99. The average molecular weight is 357 g/mol. The third kappa shape index (κ3) is 3.17. The van der Waals surface area contributed by atoms with E-state index in [0.29, 0.717) is 22.6 Å². The highest BCUT2D eigenvalue weighted by molar-refractivity contribution is 5.79. The molecule has 3 aromatic rings. The third-order valence-electron chi connectivity index (χ3n) is 4.17. The van der Waals surface area contributed by atoms with Gasteiger partial charge in [0.25, 0.3) is 5.56 Å². The van der Waals surface area contributed by atoms with Gasteiger partial charge in [-0.25, -0.2) is 9.78 Å². The zero-order valence-corrected chi connectivity index (χ0v) is 14.8. The molecule has 2 aromatic heterocycles. The van der Waals surface area contributed by atoms with Crippen LogP contribution < -0.4 is 11.2 Å². The summed E-state index contributed by atoms with van der Waals surface area (Å²) < 4.78 is 12.9. The number of hydrogen-bond acceptors (Lipinski definition) is 6. The molecule has 136 valence electrons. The minimum atomic E-state index is -0.618. The van der Waals surface area contributed by atoms with Gasteiger partial charge in [-0.05, 0) is 32.9 Å². The van der Waals surface area contributed by atoms with Crippen molar-refractivity contribution >= 4 is 16.9 Å². The molecule has 0 fully saturated rings. The molecular formula is C18H19N3O5. The lowest BCUT2D eigenvalue weighted by atomic mass is 10.2. The molecule has 0 N–H and O–H groups in total. The van der Waals surface area contributed by atoms with Crippen molar-refractivity contribution in [1.29, 1.82) is 0 Å². The van der Waals surface area contributed by atoms with Crippen molar-refractivity contribution in [2.75, 3.05) is 0 Å². The summed E-state index contributed by atoms with van der Waals surface area (Å²) in [7, 11) is 0. The highest BCUT2D eigenvalue weighted by Gasteiger charge is 2.16. The number of benzene rings is 1. The highest BCUT2D eigenvalue weighted by atomic mass is 16.5. The van der Waals surface area contributed by atoms with Crippen LogP contribution in [0, 0.1) is 13.8 Å². The minimum absolute atomic E-state index is 0.117. The van der Waals surface area contributed by atoms with Crippen LogP contribution in [0.1, 0.15) is 24.3 Å². The van der Waals surface area contributed by atoms with Gasteiger partial charge in [0, 0.05) is 6.54 Å². The maximum atomic E-state index is 12.6. The van der Waals surface area contributed by atoms with E-state index in [4.69, 9.17) is 9.15 Å². The molecule has 3 rings (SSSR count). The number of rotatable bonds is 5. The van der Waals surface area contributed by atoms with Gasteiger partial charge < -0.3 is 9.15 Å². The lowest BCUT2D eigenvalue weighted by Crippen LogP contribution is -2.40. The van der Waals surface area contributed by atoms with Crippen LogP contribution in [-0.4, -0.2) is 20.1 Å². The number of hydrogen-bond donors (Lipinski definition) is 0. The predicted molar refractivity (Wildman–Crippen MR) is 93.9 cm³/mol. The van der Waals surface area contributed by atoms with Gasteiger partial charge in [-0.2, -0.15) is 0 Å². The summed E-state index contributed by atoms with van der Waals surface area (Å²) in [5.41, 5.74) is 0.208. The molecule has 0 spiro atoms. The van der Waals surface area contributed by atoms with Gasteiger partial charge in [-0.1, -0.05) is 12.1 Å². The van der Waals surface area contributed by atoms with Gasteiger partial charge in [0.1, 0.15) is 12.3 Å². The second-order valence-corrected chi connectivity index (χ2v) is 5.85. The zero-order valence-electron chi connectivity index (χ0n) is 14.8. The van der Waals surface area contributed by atoms with E-state index in [0.717, 1.165) is 10.3 Å². The first-order valence-electron chi connectivity index (χ1n) is 8.23. The van der Waals surface area contributed by atoms with Crippen LogP contribution in [-0.2, 0) is 29.2 Å². The number of esters is 1. The second-order valence-electron chi connectivity index (χ2n) is 5.85. The number of para-hydroxylation sites is 1. The molecule has 0 aliphatic carbocycles. The highest BCUT2D eigenvalue weighted by Crippen LogP contribution is 2.10. The standard InChI is InChI=1S/C18H19N3O5/c1-4-20-17(23)13-7-5-6-8-14(13)21(18(20)24)9-16(22)25-10-15-19-11(2)12(3)26-15/h5-8H,4,9-10H2,1-3H3. The van der Waals surface area contributed by atoms with Crippen LogP contribution in [0.25, 0.3) is 10.9 Å². The lowest BCUT2D eigenvalue weighted by molar-refractivity contribution is -0.146. The van der Waals surface area contributed by atoms with Gasteiger partial charge in [0.05, 0.1) is 16.6 Å². The predicted octanol–water partition coefficient (Wildman–Crippen LogP) is 1.53. The molecule has 26 heavy (non-hydrogen) atoms.